The van der Waals surface area contributed by atoms with E-state index in [1.165, 1.54) is 19.3 Å². The number of hydrogen-bond acceptors (Lipinski definition) is 4. The Morgan fingerprint density at radius 3 is 2.31 bits per heavy atom. The van der Waals surface area contributed by atoms with Crippen LogP contribution in [0.5, 0.6) is 0 Å². The molecule has 9 heteroatoms. The van der Waals surface area contributed by atoms with E-state index in [-0.39, 0.29) is 16.5 Å². The van der Waals surface area contributed by atoms with Gasteiger partial charge < -0.3 is 10.2 Å². The van der Waals surface area contributed by atoms with Gasteiger partial charge in [0.1, 0.15) is 6.04 Å². The zero-order valence-corrected chi connectivity index (χ0v) is 16.8. The van der Waals surface area contributed by atoms with Crippen molar-refractivity contribution in [2.45, 2.75) is 63.6 Å². The SMILES string of the molecule is O=C(Nc1nc(C(F)(F)F)cs1)C1CCCN1C(=O)C12CC3CC(CC(C3)C1)C2. The molecule has 4 saturated carbocycles. The summed E-state index contributed by atoms with van der Waals surface area (Å²) in [7, 11) is 0. The molecule has 1 aliphatic heterocycles. The number of rotatable bonds is 3. The number of anilines is 1. The average molecular weight is 427 g/mol. The summed E-state index contributed by atoms with van der Waals surface area (Å²) in [5.74, 6) is 1.58. The van der Waals surface area contributed by atoms with Crippen LogP contribution in [0.2, 0.25) is 0 Å². The van der Waals surface area contributed by atoms with Crippen molar-refractivity contribution in [3.63, 3.8) is 0 Å². The lowest BCUT2D eigenvalue weighted by Gasteiger charge is -2.56. The maximum absolute atomic E-state index is 13.6. The topological polar surface area (TPSA) is 62.3 Å². The summed E-state index contributed by atoms with van der Waals surface area (Å²) in [5, 5.41) is 3.33. The van der Waals surface area contributed by atoms with Gasteiger partial charge in [0.25, 0.3) is 0 Å². The molecule has 5 nitrogen and oxygen atoms in total. The Labute approximate surface area is 171 Å². The summed E-state index contributed by atoms with van der Waals surface area (Å²) in [6.07, 6.45) is 3.26. The molecule has 4 aliphatic carbocycles. The molecule has 0 aromatic carbocycles. The van der Waals surface area contributed by atoms with Crippen LogP contribution >= 0.6 is 11.3 Å². The molecule has 4 bridgehead atoms. The summed E-state index contributed by atoms with van der Waals surface area (Å²) < 4.78 is 38.2. The highest BCUT2D eigenvalue weighted by Crippen LogP contribution is 2.60. The molecule has 0 spiro atoms. The van der Waals surface area contributed by atoms with Crippen molar-refractivity contribution in [2.24, 2.45) is 23.2 Å². The van der Waals surface area contributed by atoms with Gasteiger partial charge in [-0.05, 0) is 69.1 Å². The molecule has 0 radical (unpaired) electrons. The van der Waals surface area contributed by atoms with Crippen molar-refractivity contribution < 1.29 is 22.8 Å². The number of amides is 2. The maximum atomic E-state index is 13.6. The summed E-state index contributed by atoms with van der Waals surface area (Å²) >= 11 is 0.754. The zero-order valence-electron chi connectivity index (χ0n) is 16.0. The van der Waals surface area contributed by atoms with Gasteiger partial charge in [0, 0.05) is 11.9 Å². The second kappa shape index (κ2) is 6.68. The van der Waals surface area contributed by atoms with Gasteiger partial charge >= 0.3 is 6.18 Å². The van der Waals surface area contributed by atoms with Crippen LogP contribution in [0.3, 0.4) is 0 Å². The molecule has 5 fully saturated rings. The average Bonchev–Trinajstić information content (AvgIpc) is 3.28. The monoisotopic (exact) mass is 427 g/mol. The minimum atomic E-state index is -4.53. The molecular formula is C20H24F3N3O2S. The van der Waals surface area contributed by atoms with Crippen LogP contribution in [0.15, 0.2) is 5.38 Å². The minimum Gasteiger partial charge on any atom is -0.330 e. The Morgan fingerprint density at radius 1 is 1.14 bits per heavy atom. The predicted molar refractivity (Wildman–Crippen MR) is 101 cm³/mol. The molecule has 2 heterocycles. The Morgan fingerprint density at radius 2 is 1.76 bits per heavy atom. The van der Waals surface area contributed by atoms with E-state index >= 15 is 0 Å². The quantitative estimate of drug-likeness (QED) is 0.782. The fraction of sp³-hybridized carbons (Fsp3) is 0.750. The van der Waals surface area contributed by atoms with Crippen LogP contribution in [0.4, 0.5) is 18.3 Å². The van der Waals surface area contributed by atoms with E-state index < -0.39 is 23.8 Å². The van der Waals surface area contributed by atoms with Crippen LogP contribution in [0.25, 0.3) is 0 Å². The first-order chi connectivity index (χ1) is 13.7. The molecule has 1 aromatic heterocycles. The van der Waals surface area contributed by atoms with Gasteiger partial charge in [-0.25, -0.2) is 4.98 Å². The fourth-order valence-electron chi connectivity index (χ4n) is 6.61. The van der Waals surface area contributed by atoms with E-state index in [2.05, 4.69) is 10.3 Å². The number of thiazole rings is 1. The normalized spacial score (nSPS) is 35.9. The third-order valence-electron chi connectivity index (χ3n) is 7.33. The molecule has 158 valence electrons. The number of nitrogens with one attached hydrogen (secondary N) is 1. The van der Waals surface area contributed by atoms with Crippen LogP contribution in [-0.2, 0) is 15.8 Å². The number of carbonyl (C=O) groups excluding carboxylic acids is 2. The van der Waals surface area contributed by atoms with Gasteiger partial charge in [-0.15, -0.1) is 11.3 Å². The van der Waals surface area contributed by atoms with Crippen LogP contribution in [-0.4, -0.2) is 34.3 Å². The molecule has 1 N–H and O–H groups in total. The van der Waals surface area contributed by atoms with E-state index in [9.17, 15) is 22.8 Å². The first-order valence-electron chi connectivity index (χ1n) is 10.4. The van der Waals surface area contributed by atoms with Gasteiger partial charge in [0.15, 0.2) is 10.8 Å². The van der Waals surface area contributed by atoms with E-state index in [0.717, 1.165) is 42.4 Å². The highest BCUT2D eigenvalue weighted by Gasteiger charge is 2.56. The Kier molecular flexibility index (Phi) is 4.46. The van der Waals surface area contributed by atoms with E-state index in [1.54, 1.807) is 4.90 Å². The van der Waals surface area contributed by atoms with Crippen molar-refractivity contribution in [1.82, 2.24) is 9.88 Å². The summed E-state index contributed by atoms with van der Waals surface area (Å²) in [5.41, 5.74) is -1.33. The highest BCUT2D eigenvalue weighted by atomic mass is 32.1. The molecule has 1 atom stereocenters. The van der Waals surface area contributed by atoms with Crippen molar-refractivity contribution in [3.8, 4) is 0 Å². The van der Waals surface area contributed by atoms with Gasteiger partial charge in [0.05, 0.1) is 5.41 Å². The lowest BCUT2D eigenvalue weighted by Crippen LogP contribution is -2.56. The third-order valence-corrected chi connectivity index (χ3v) is 8.09. The Balaban J connectivity index is 1.30. The predicted octanol–water partition coefficient (Wildman–Crippen LogP) is 4.31. The molecular weight excluding hydrogens is 403 g/mol. The molecule has 6 rings (SSSR count). The standard InChI is InChI=1S/C20H24F3N3O2S/c21-20(22,23)15-10-29-18(24-15)25-16(27)14-2-1-3-26(14)17(28)19-7-11-4-12(8-19)6-13(5-11)9-19/h10-14H,1-9H2,(H,24,25,27). The Hall–Kier alpha value is -1.64. The molecule has 29 heavy (non-hydrogen) atoms. The molecule has 1 saturated heterocycles. The molecule has 1 aromatic rings. The van der Waals surface area contributed by atoms with E-state index in [4.69, 9.17) is 0 Å². The second-order valence-electron chi connectivity index (χ2n) is 9.38. The first kappa shape index (κ1) is 19.3. The van der Waals surface area contributed by atoms with Gasteiger partial charge in [-0.3, -0.25) is 9.59 Å². The van der Waals surface area contributed by atoms with Crippen LogP contribution in [0, 0.1) is 23.2 Å². The minimum absolute atomic E-state index is 0.0728. The number of halogens is 3. The van der Waals surface area contributed by atoms with Crippen molar-refractivity contribution >= 4 is 28.3 Å². The number of carbonyl (C=O) groups is 2. The number of likely N-dealkylation sites (tertiary alicyclic amines) is 1. The molecule has 2 amide bonds. The molecule has 1 unspecified atom stereocenters. The fourth-order valence-corrected chi connectivity index (χ4v) is 7.33. The first-order valence-corrected chi connectivity index (χ1v) is 11.3. The Bertz CT molecular complexity index is 802. The lowest BCUT2D eigenvalue weighted by atomic mass is 9.49. The third kappa shape index (κ3) is 3.35. The van der Waals surface area contributed by atoms with E-state index in [1.807, 2.05) is 0 Å². The van der Waals surface area contributed by atoms with Crippen LogP contribution < -0.4 is 5.32 Å². The zero-order chi connectivity index (χ0) is 20.4. The molecule has 5 aliphatic rings. The largest absolute Gasteiger partial charge is 0.434 e. The lowest BCUT2D eigenvalue weighted by molar-refractivity contribution is -0.160. The summed E-state index contributed by atoms with van der Waals surface area (Å²) in [6.45, 7) is 0.546. The number of hydrogen-bond donors (Lipinski definition) is 1. The highest BCUT2D eigenvalue weighted by molar-refractivity contribution is 7.13. The van der Waals surface area contributed by atoms with Gasteiger partial charge in [-0.2, -0.15) is 13.2 Å². The van der Waals surface area contributed by atoms with Gasteiger partial charge in [-0.1, -0.05) is 0 Å². The maximum Gasteiger partial charge on any atom is 0.434 e. The van der Waals surface area contributed by atoms with Gasteiger partial charge in [0.2, 0.25) is 11.8 Å². The number of nitrogens with zero attached hydrogens (tertiary/aromatic N) is 2. The smallest absolute Gasteiger partial charge is 0.330 e. The van der Waals surface area contributed by atoms with Crippen molar-refractivity contribution in [3.05, 3.63) is 11.1 Å². The van der Waals surface area contributed by atoms with Crippen molar-refractivity contribution in [1.29, 1.82) is 0 Å². The number of aromatic nitrogens is 1. The second-order valence-corrected chi connectivity index (χ2v) is 10.2. The summed E-state index contributed by atoms with van der Waals surface area (Å²) in [6, 6.07) is -0.617. The van der Waals surface area contributed by atoms with Crippen LogP contribution in [0.1, 0.15) is 57.1 Å². The summed E-state index contributed by atoms with van der Waals surface area (Å²) in [4.78, 5) is 31.6. The number of alkyl halides is 3. The van der Waals surface area contributed by atoms with Crippen molar-refractivity contribution in [2.75, 3.05) is 11.9 Å². The van der Waals surface area contributed by atoms with E-state index in [0.29, 0.717) is 30.7 Å².